The van der Waals surface area contributed by atoms with E-state index in [0.717, 1.165) is 50.9 Å². The number of aryl methyl sites for hydroxylation is 1. The number of halogens is 1. The highest BCUT2D eigenvalue weighted by molar-refractivity contribution is 5.80. The van der Waals surface area contributed by atoms with E-state index in [1.54, 1.807) is 6.92 Å². The first-order valence-corrected chi connectivity index (χ1v) is 14.6. The Morgan fingerprint density at radius 3 is 2.80 bits per heavy atom. The summed E-state index contributed by atoms with van der Waals surface area (Å²) in [5.41, 5.74) is 6.28. The van der Waals surface area contributed by atoms with E-state index >= 15 is 4.39 Å². The lowest BCUT2D eigenvalue weighted by molar-refractivity contribution is -0.182. The van der Waals surface area contributed by atoms with Crippen molar-refractivity contribution < 1.29 is 23.6 Å². The molecule has 2 aliphatic heterocycles. The van der Waals surface area contributed by atoms with Crippen LogP contribution in [0.3, 0.4) is 0 Å². The summed E-state index contributed by atoms with van der Waals surface area (Å²) in [7, 11) is 0. The number of carbonyl (C=O) groups is 2. The first-order chi connectivity index (χ1) is 20.0. The summed E-state index contributed by atoms with van der Waals surface area (Å²) in [6, 6.07) is 9.71. The van der Waals surface area contributed by atoms with Crippen LogP contribution in [-0.2, 0) is 25.8 Å². The molecule has 1 aliphatic carbocycles. The summed E-state index contributed by atoms with van der Waals surface area (Å²) in [5, 5.41) is 1.17. The number of hydroxylamine groups is 2. The normalized spacial score (nSPS) is 20.3. The van der Waals surface area contributed by atoms with Crippen molar-refractivity contribution >= 4 is 24.0 Å². The van der Waals surface area contributed by atoms with Crippen LogP contribution in [0.25, 0.3) is 0 Å². The predicted molar refractivity (Wildman–Crippen MR) is 151 cm³/mol. The molecule has 11 nitrogen and oxygen atoms in total. The number of hydrogen-bond acceptors (Lipinski definition) is 9. The van der Waals surface area contributed by atoms with Gasteiger partial charge in [-0.05, 0) is 24.8 Å². The molecule has 0 spiro atoms. The number of benzene rings is 1. The molecular formula is C29H40FN7O4. The Kier molecular flexibility index (Phi) is 9.97. The number of nitrogens with one attached hydrogen (secondary N) is 2. The van der Waals surface area contributed by atoms with E-state index in [2.05, 4.69) is 25.7 Å². The lowest BCUT2D eigenvalue weighted by atomic mass is 9.92. The van der Waals surface area contributed by atoms with E-state index in [1.807, 2.05) is 35.2 Å². The van der Waals surface area contributed by atoms with Crippen LogP contribution in [0.15, 0.2) is 30.3 Å². The molecule has 41 heavy (non-hydrogen) atoms. The van der Waals surface area contributed by atoms with Gasteiger partial charge in [-0.15, -0.1) is 0 Å². The van der Waals surface area contributed by atoms with Gasteiger partial charge < -0.3 is 9.64 Å². The first-order valence-electron chi connectivity index (χ1n) is 14.6. The van der Waals surface area contributed by atoms with Gasteiger partial charge in [-0.25, -0.2) is 15.0 Å². The molecule has 3 fully saturated rings. The van der Waals surface area contributed by atoms with Crippen LogP contribution in [-0.4, -0.2) is 84.2 Å². The number of anilines is 2. The SMILES string of the molecule is Cc1nc(NNC(=O)C(CC2CCCC2)CN(C=O)OCc2ccccc2)c(F)c(N2CCN3CCOCC3C2)n1. The molecule has 1 aromatic heterocycles. The lowest BCUT2D eigenvalue weighted by Gasteiger charge is -2.44. The summed E-state index contributed by atoms with van der Waals surface area (Å²) < 4.78 is 21.3. The second-order valence-electron chi connectivity index (χ2n) is 11.1. The number of piperazine rings is 1. The van der Waals surface area contributed by atoms with E-state index < -0.39 is 11.7 Å². The molecule has 3 heterocycles. The number of rotatable bonds is 12. The van der Waals surface area contributed by atoms with Gasteiger partial charge >= 0.3 is 0 Å². The number of carbonyl (C=O) groups excluding carboxylic acids is 2. The quantitative estimate of drug-likeness (QED) is 0.294. The van der Waals surface area contributed by atoms with E-state index in [4.69, 9.17) is 9.57 Å². The molecule has 0 bridgehead atoms. The number of hydrazine groups is 1. The maximum atomic E-state index is 15.7. The topological polar surface area (TPSA) is 112 Å². The van der Waals surface area contributed by atoms with Gasteiger partial charge in [0.25, 0.3) is 0 Å². The van der Waals surface area contributed by atoms with Crippen molar-refractivity contribution in [3.05, 3.63) is 47.5 Å². The number of nitrogens with zero attached hydrogens (tertiary/aromatic N) is 5. The summed E-state index contributed by atoms with van der Waals surface area (Å²) in [4.78, 5) is 43.8. The maximum absolute atomic E-state index is 15.7. The zero-order valence-electron chi connectivity index (χ0n) is 23.6. The Labute approximate surface area is 240 Å². The van der Waals surface area contributed by atoms with Crippen molar-refractivity contribution in [3.63, 3.8) is 0 Å². The van der Waals surface area contributed by atoms with Gasteiger partial charge in [0.2, 0.25) is 18.1 Å². The standard InChI is InChI=1S/C29H40FN7O4/c1-21-31-27(26(30)28(32-21)36-12-11-35-13-14-40-19-25(35)17-36)33-34-29(39)24(15-22-7-5-6-8-22)16-37(20-38)41-18-23-9-3-2-4-10-23/h2-4,9-10,20,22,24-25H,5-8,11-19H2,1H3,(H,34,39)(H,31,32,33). The van der Waals surface area contributed by atoms with Crippen LogP contribution >= 0.6 is 0 Å². The van der Waals surface area contributed by atoms with Gasteiger partial charge in [0, 0.05) is 26.2 Å². The van der Waals surface area contributed by atoms with Gasteiger partial charge in [0.15, 0.2) is 11.6 Å². The Morgan fingerprint density at radius 1 is 1.22 bits per heavy atom. The second-order valence-corrected chi connectivity index (χ2v) is 11.1. The van der Waals surface area contributed by atoms with Crippen LogP contribution in [0.5, 0.6) is 0 Å². The number of fused-ring (bicyclic) bond motifs is 1. The molecule has 2 atom stereocenters. The molecule has 12 heteroatoms. The molecule has 1 aromatic carbocycles. The zero-order valence-corrected chi connectivity index (χ0v) is 23.6. The van der Waals surface area contributed by atoms with Gasteiger partial charge in [0.1, 0.15) is 12.4 Å². The van der Waals surface area contributed by atoms with E-state index in [9.17, 15) is 9.59 Å². The number of amides is 2. The highest BCUT2D eigenvalue weighted by Gasteiger charge is 2.32. The molecule has 2 saturated heterocycles. The minimum atomic E-state index is -0.617. The fourth-order valence-electron chi connectivity index (χ4n) is 5.99. The molecule has 2 N–H and O–H groups in total. The Balaban J connectivity index is 1.24. The average Bonchev–Trinajstić information content (AvgIpc) is 3.52. The third-order valence-corrected chi connectivity index (χ3v) is 8.21. The third kappa shape index (κ3) is 7.69. The molecule has 1 saturated carbocycles. The van der Waals surface area contributed by atoms with Crippen molar-refractivity contribution in [1.82, 2.24) is 25.4 Å². The minimum Gasteiger partial charge on any atom is -0.378 e. The molecule has 5 rings (SSSR count). The fraction of sp³-hybridized carbons (Fsp3) is 0.586. The highest BCUT2D eigenvalue weighted by Crippen LogP contribution is 2.31. The lowest BCUT2D eigenvalue weighted by Crippen LogP contribution is -2.58. The Bertz CT molecular complexity index is 1170. The van der Waals surface area contributed by atoms with E-state index in [1.165, 1.54) is 5.06 Å². The van der Waals surface area contributed by atoms with Crippen LogP contribution < -0.4 is 15.8 Å². The fourth-order valence-corrected chi connectivity index (χ4v) is 5.99. The van der Waals surface area contributed by atoms with Crippen molar-refractivity contribution in [1.29, 1.82) is 0 Å². The monoisotopic (exact) mass is 569 g/mol. The molecule has 2 aromatic rings. The Morgan fingerprint density at radius 2 is 2.02 bits per heavy atom. The number of hydrogen-bond donors (Lipinski definition) is 2. The van der Waals surface area contributed by atoms with E-state index in [-0.39, 0.29) is 36.7 Å². The third-order valence-electron chi connectivity index (χ3n) is 8.21. The smallest absolute Gasteiger partial charge is 0.243 e. The molecule has 2 unspecified atom stereocenters. The Hall–Kier alpha value is -3.35. The predicted octanol–water partition coefficient (Wildman–Crippen LogP) is 2.67. The van der Waals surface area contributed by atoms with Gasteiger partial charge in [0.05, 0.1) is 31.7 Å². The molecule has 2 amide bonds. The van der Waals surface area contributed by atoms with Crippen molar-refractivity contribution in [2.75, 3.05) is 56.3 Å². The summed E-state index contributed by atoms with van der Waals surface area (Å²) in [6.45, 7) is 6.26. The molecule has 0 radical (unpaired) electrons. The second kappa shape index (κ2) is 14.0. The van der Waals surface area contributed by atoms with Crippen LogP contribution in [0, 0.1) is 24.6 Å². The summed E-state index contributed by atoms with van der Waals surface area (Å²) in [6.07, 6.45) is 5.57. The summed E-state index contributed by atoms with van der Waals surface area (Å²) >= 11 is 0. The van der Waals surface area contributed by atoms with Crippen molar-refractivity contribution in [2.45, 2.75) is 51.7 Å². The number of ether oxygens (including phenoxy) is 1. The van der Waals surface area contributed by atoms with E-state index in [0.29, 0.717) is 44.3 Å². The molecule has 222 valence electrons. The largest absolute Gasteiger partial charge is 0.378 e. The summed E-state index contributed by atoms with van der Waals surface area (Å²) in [5.74, 6) is -0.605. The molecular weight excluding hydrogens is 529 g/mol. The molecule has 3 aliphatic rings. The maximum Gasteiger partial charge on any atom is 0.243 e. The van der Waals surface area contributed by atoms with Crippen LogP contribution in [0.2, 0.25) is 0 Å². The van der Waals surface area contributed by atoms with Crippen molar-refractivity contribution in [3.8, 4) is 0 Å². The minimum absolute atomic E-state index is 0.0876. The van der Waals surface area contributed by atoms with Crippen molar-refractivity contribution in [2.24, 2.45) is 11.8 Å². The number of aromatic nitrogens is 2. The van der Waals surface area contributed by atoms with Crippen LogP contribution in [0.1, 0.15) is 43.5 Å². The van der Waals surface area contributed by atoms with Gasteiger partial charge in [-0.3, -0.25) is 30.2 Å². The zero-order chi connectivity index (χ0) is 28.6. The van der Waals surface area contributed by atoms with Crippen LogP contribution in [0.4, 0.5) is 16.0 Å². The first kappa shape index (κ1) is 29.2. The highest BCUT2D eigenvalue weighted by atomic mass is 19.1. The average molecular weight is 570 g/mol. The van der Waals surface area contributed by atoms with Gasteiger partial charge in [-0.2, -0.15) is 4.39 Å². The van der Waals surface area contributed by atoms with Gasteiger partial charge in [-0.1, -0.05) is 56.0 Å². The number of morpholine rings is 1.